The van der Waals surface area contributed by atoms with Crippen molar-refractivity contribution in [3.8, 4) is 0 Å². The van der Waals surface area contributed by atoms with Crippen LogP contribution in [-0.4, -0.2) is 21.0 Å². The van der Waals surface area contributed by atoms with Crippen molar-refractivity contribution in [2.45, 2.75) is 50.4 Å². The fourth-order valence-corrected chi connectivity index (χ4v) is 3.88. The van der Waals surface area contributed by atoms with Gasteiger partial charge in [0.2, 0.25) is 0 Å². The third-order valence-corrected chi connectivity index (χ3v) is 5.54. The van der Waals surface area contributed by atoms with E-state index in [4.69, 9.17) is 0 Å². The third-order valence-electron chi connectivity index (χ3n) is 5.54. The number of aliphatic carboxylic acids is 1. The summed E-state index contributed by atoms with van der Waals surface area (Å²) in [4.78, 5) is 32.1. The lowest BCUT2D eigenvalue weighted by atomic mass is 9.67. The van der Waals surface area contributed by atoms with E-state index < -0.39 is 17.2 Å². The minimum atomic E-state index is -1.30. The molecule has 0 radical (unpaired) electrons. The van der Waals surface area contributed by atoms with Gasteiger partial charge in [0.25, 0.3) is 5.56 Å². The molecule has 1 unspecified atom stereocenters. The monoisotopic (exact) mass is 342 g/mol. The molecule has 0 bridgehead atoms. The molecule has 6 heteroatoms. The van der Waals surface area contributed by atoms with Gasteiger partial charge in [-0.2, -0.15) is 0 Å². The first kappa shape index (κ1) is 16.0. The van der Waals surface area contributed by atoms with E-state index in [0.717, 1.165) is 12.8 Å². The van der Waals surface area contributed by atoms with Gasteiger partial charge in [0.1, 0.15) is 11.6 Å². The lowest BCUT2D eigenvalue weighted by molar-refractivity contribution is -0.144. The zero-order valence-electron chi connectivity index (χ0n) is 13.9. The zero-order chi connectivity index (χ0) is 17.8. The van der Waals surface area contributed by atoms with E-state index in [1.165, 1.54) is 12.1 Å². The van der Waals surface area contributed by atoms with E-state index in [9.17, 15) is 19.1 Å². The van der Waals surface area contributed by atoms with Crippen LogP contribution in [0.3, 0.4) is 0 Å². The van der Waals surface area contributed by atoms with Gasteiger partial charge in [0.05, 0.1) is 11.1 Å². The van der Waals surface area contributed by atoms with E-state index in [1.54, 1.807) is 13.0 Å². The summed E-state index contributed by atoms with van der Waals surface area (Å²) in [6.07, 6.45) is 2.81. The van der Waals surface area contributed by atoms with Gasteiger partial charge >= 0.3 is 5.97 Å². The van der Waals surface area contributed by atoms with Crippen molar-refractivity contribution in [1.82, 2.24) is 9.97 Å². The maximum atomic E-state index is 14.0. The SMILES string of the molecule is Cc1c(F)cccc1C1(C(=O)O)CCc2nc(C3CC3)[nH]c(=O)c2C1. The molecule has 5 nitrogen and oxygen atoms in total. The van der Waals surface area contributed by atoms with Crippen LogP contribution in [0.15, 0.2) is 23.0 Å². The van der Waals surface area contributed by atoms with E-state index in [1.807, 2.05) is 0 Å². The summed E-state index contributed by atoms with van der Waals surface area (Å²) in [5, 5.41) is 9.97. The van der Waals surface area contributed by atoms with Crippen molar-refractivity contribution in [1.29, 1.82) is 0 Å². The van der Waals surface area contributed by atoms with Gasteiger partial charge in [0, 0.05) is 11.5 Å². The van der Waals surface area contributed by atoms with Crippen LogP contribution >= 0.6 is 0 Å². The van der Waals surface area contributed by atoms with Crippen molar-refractivity contribution in [2.75, 3.05) is 0 Å². The Hall–Kier alpha value is -2.50. The summed E-state index contributed by atoms with van der Waals surface area (Å²) in [5.74, 6) is -0.416. The van der Waals surface area contributed by atoms with Crippen LogP contribution in [0.2, 0.25) is 0 Å². The second-order valence-corrected chi connectivity index (χ2v) is 7.13. The van der Waals surface area contributed by atoms with E-state index in [-0.39, 0.29) is 12.0 Å². The van der Waals surface area contributed by atoms with Gasteiger partial charge in [-0.05, 0) is 56.2 Å². The Morgan fingerprint density at radius 2 is 2.16 bits per heavy atom. The number of rotatable bonds is 3. The lowest BCUT2D eigenvalue weighted by Crippen LogP contribution is -2.44. The Balaban J connectivity index is 1.84. The van der Waals surface area contributed by atoms with Crippen LogP contribution in [0.1, 0.15) is 53.4 Å². The lowest BCUT2D eigenvalue weighted by Gasteiger charge is -2.35. The smallest absolute Gasteiger partial charge is 0.314 e. The fourth-order valence-electron chi connectivity index (χ4n) is 3.88. The molecule has 2 aromatic rings. The summed E-state index contributed by atoms with van der Waals surface area (Å²) in [7, 11) is 0. The minimum absolute atomic E-state index is 0.0369. The maximum absolute atomic E-state index is 14.0. The van der Waals surface area contributed by atoms with Crippen LogP contribution in [0.5, 0.6) is 0 Å². The Kier molecular flexibility index (Phi) is 3.52. The van der Waals surface area contributed by atoms with Gasteiger partial charge < -0.3 is 10.1 Å². The molecule has 2 aliphatic carbocycles. The Labute approximate surface area is 143 Å². The largest absolute Gasteiger partial charge is 0.481 e. The highest BCUT2D eigenvalue weighted by molar-refractivity contribution is 5.83. The van der Waals surface area contributed by atoms with Gasteiger partial charge in [-0.15, -0.1) is 0 Å². The molecule has 130 valence electrons. The number of aromatic amines is 1. The Morgan fingerprint density at radius 1 is 1.40 bits per heavy atom. The fraction of sp³-hybridized carbons (Fsp3) is 0.421. The molecule has 0 aliphatic heterocycles. The number of nitrogens with zero attached hydrogens (tertiary/aromatic N) is 1. The van der Waals surface area contributed by atoms with Crippen molar-refractivity contribution in [3.05, 3.63) is 62.6 Å². The molecule has 0 amide bonds. The first-order chi connectivity index (χ1) is 11.9. The quantitative estimate of drug-likeness (QED) is 0.898. The van der Waals surface area contributed by atoms with Gasteiger partial charge in [-0.25, -0.2) is 9.37 Å². The highest BCUT2D eigenvalue weighted by atomic mass is 19.1. The van der Waals surface area contributed by atoms with E-state index >= 15 is 0 Å². The topological polar surface area (TPSA) is 83.0 Å². The van der Waals surface area contributed by atoms with Crippen molar-refractivity contribution < 1.29 is 14.3 Å². The molecule has 1 saturated carbocycles. The number of aryl methyl sites for hydroxylation is 1. The standard InChI is InChI=1S/C19H19FN2O3/c1-10-13(3-2-4-14(10)20)19(18(24)25)8-7-15-12(9-19)17(23)22-16(21-15)11-5-6-11/h2-4,11H,5-9H2,1H3,(H,24,25)(H,21,22,23). The normalized spacial score (nSPS) is 22.5. The van der Waals surface area contributed by atoms with Crippen LogP contribution in [0.4, 0.5) is 4.39 Å². The number of aromatic nitrogens is 2. The number of fused-ring (bicyclic) bond motifs is 1. The molecule has 2 N–H and O–H groups in total. The van der Waals surface area contributed by atoms with Crippen LogP contribution < -0.4 is 5.56 Å². The average Bonchev–Trinajstić information content (AvgIpc) is 3.42. The number of benzene rings is 1. The minimum Gasteiger partial charge on any atom is -0.481 e. The number of hydrogen-bond acceptors (Lipinski definition) is 3. The molecular formula is C19H19FN2O3. The van der Waals surface area contributed by atoms with Crippen LogP contribution in [0.25, 0.3) is 0 Å². The number of carbonyl (C=O) groups is 1. The molecule has 1 aromatic heterocycles. The highest BCUT2D eigenvalue weighted by Crippen LogP contribution is 2.41. The molecule has 1 fully saturated rings. The van der Waals surface area contributed by atoms with Crippen LogP contribution in [0, 0.1) is 12.7 Å². The molecule has 4 rings (SSSR count). The molecule has 0 spiro atoms. The zero-order valence-corrected chi connectivity index (χ0v) is 13.9. The predicted molar refractivity (Wildman–Crippen MR) is 89.3 cm³/mol. The molecular weight excluding hydrogens is 323 g/mol. The van der Waals surface area contributed by atoms with Crippen molar-refractivity contribution in [2.24, 2.45) is 0 Å². The van der Waals surface area contributed by atoms with Crippen molar-refractivity contribution >= 4 is 5.97 Å². The summed E-state index contributed by atoms with van der Waals surface area (Å²) in [6, 6.07) is 4.50. The van der Waals surface area contributed by atoms with Gasteiger partial charge in [-0.3, -0.25) is 9.59 Å². The summed E-state index contributed by atoms with van der Waals surface area (Å²) < 4.78 is 14.0. The van der Waals surface area contributed by atoms with Crippen LogP contribution in [-0.2, 0) is 23.1 Å². The number of hydrogen-bond donors (Lipinski definition) is 2. The van der Waals surface area contributed by atoms with Crippen molar-refractivity contribution in [3.63, 3.8) is 0 Å². The molecule has 0 saturated heterocycles. The molecule has 2 aliphatic rings. The highest BCUT2D eigenvalue weighted by Gasteiger charge is 2.46. The first-order valence-corrected chi connectivity index (χ1v) is 8.53. The third kappa shape index (κ3) is 2.47. The van der Waals surface area contributed by atoms with Gasteiger partial charge in [-0.1, -0.05) is 12.1 Å². The molecule has 1 aromatic carbocycles. The Bertz CT molecular complexity index is 933. The maximum Gasteiger partial charge on any atom is 0.314 e. The number of H-pyrrole nitrogens is 1. The second-order valence-electron chi connectivity index (χ2n) is 7.13. The predicted octanol–water partition coefficient (Wildman–Crippen LogP) is 2.61. The molecule has 25 heavy (non-hydrogen) atoms. The number of halogens is 1. The van der Waals surface area contributed by atoms with E-state index in [0.29, 0.717) is 47.0 Å². The molecule has 1 heterocycles. The second kappa shape index (κ2) is 5.51. The summed E-state index contributed by atoms with van der Waals surface area (Å²) in [6.45, 7) is 1.59. The average molecular weight is 342 g/mol. The number of nitrogens with one attached hydrogen (secondary N) is 1. The van der Waals surface area contributed by atoms with E-state index in [2.05, 4.69) is 9.97 Å². The summed E-state index contributed by atoms with van der Waals surface area (Å²) >= 11 is 0. The molecule has 1 atom stereocenters. The number of carboxylic acid groups (broad SMARTS) is 1. The summed E-state index contributed by atoms with van der Waals surface area (Å²) in [5.41, 5.74) is 0.322. The first-order valence-electron chi connectivity index (χ1n) is 8.53. The Morgan fingerprint density at radius 3 is 2.84 bits per heavy atom. The van der Waals surface area contributed by atoms with Gasteiger partial charge in [0.15, 0.2) is 0 Å². The number of carboxylic acids is 1.